The molecule has 3 heterocycles. The van der Waals surface area contributed by atoms with Crippen molar-refractivity contribution in [3.8, 4) is 22.5 Å². The molecule has 0 spiro atoms. The van der Waals surface area contributed by atoms with E-state index in [2.05, 4.69) is 167 Å². The topological polar surface area (TPSA) is 23.0 Å². The molecule has 0 unspecified atom stereocenters. The predicted octanol–water partition coefficient (Wildman–Crippen LogP) is 11.4. The number of furan rings is 1. The molecule has 0 saturated carbocycles. The average molecular weight is 575 g/mol. The molecule has 0 bridgehead atoms. The molecule has 0 fully saturated rings. The fourth-order valence-corrected chi connectivity index (χ4v) is 7.42. The van der Waals surface area contributed by atoms with Crippen molar-refractivity contribution >= 4 is 65.6 Å². The summed E-state index contributed by atoms with van der Waals surface area (Å²) in [7, 11) is 0. The van der Waals surface area contributed by atoms with E-state index in [4.69, 9.17) is 4.42 Å². The predicted molar refractivity (Wildman–Crippen MR) is 188 cm³/mol. The minimum absolute atomic E-state index is 0.887. The van der Waals surface area contributed by atoms with E-state index in [1.54, 1.807) is 0 Å². The van der Waals surface area contributed by atoms with Gasteiger partial charge in [-0.25, -0.2) is 0 Å². The molecule has 7 aromatic carbocycles. The van der Waals surface area contributed by atoms with E-state index < -0.39 is 0 Å². The van der Waals surface area contributed by atoms with E-state index in [0.717, 1.165) is 33.3 Å². The number of nitrogens with zero attached hydrogens (tertiary/aromatic N) is 2. The third-order valence-corrected chi connectivity index (χ3v) is 9.31. The van der Waals surface area contributed by atoms with Crippen molar-refractivity contribution < 1.29 is 4.42 Å². The molecule has 10 rings (SSSR count). The zero-order chi connectivity index (χ0) is 29.5. The van der Waals surface area contributed by atoms with Gasteiger partial charge >= 0.3 is 0 Å². The van der Waals surface area contributed by atoms with Gasteiger partial charge in [0, 0.05) is 32.6 Å². The van der Waals surface area contributed by atoms with Gasteiger partial charge in [-0.05, 0) is 65.7 Å². The summed E-state index contributed by atoms with van der Waals surface area (Å²) in [6.45, 7) is 0. The summed E-state index contributed by atoms with van der Waals surface area (Å²) in [5, 5.41) is 7.23. The van der Waals surface area contributed by atoms with Crippen LogP contribution in [0.25, 0.3) is 88.1 Å². The number of aromatic nitrogens is 2. The minimum Gasteiger partial charge on any atom is -0.456 e. The summed E-state index contributed by atoms with van der Waals surface area (Å²) in [5.41, 5.74) is 11.2. The van der Waals surface area contributed by atoms with Crippen molar-refractivity contribution in [1.29, 1.82) is 0 Å². The Balaban J connectivity index is 1.37. The monoisotopic (exact) mass is 574 g/mol. The summed E-state index contributed by atoms with van der Waals surface area (Å²) in [4.78, 5) is 0. The molecular formula is C42H26N2O. The summed E-state index contributed by atoms with van der Waals surface area (Å²) in [5.74, 6) is 0. The highest BCUT2D eigenvalue weighted by Gasteiger charge is 2.22. The van der Waals surface area contributed by atoms with Crippen LogP contribution in [0.5, 0.6) is 0 Å². The smallest absolute Gasteiger partial charge is 0.137 e. The SMILES string of the molecule is c1ccc(-c2ccc3oc4cccc(-n5c6ccccc6c6c5ccc5c7ccccc7n(-c7ccccc7)c56)c4c3c2)cc1. The second kappa shape index (κ2) is 9.22. The standard InChI is InChI=1S/C42H26N2O/c1-3-12-27(13-4-1)28-22-25-38-33(26-28)40-36(20-11-21-39(40)45-38)44-35-19-10-8-17-32(35)41-37(44)24-23-31-30-16-7-9-18-34(30)43(42(31)41)29-14-5-2-6-15-29/h1-26H. The van der Waals surface area contributed by atoms with Gasteiger partial charge < -0.3 is 13.6 Å². The average Bonchev–Trinajstić information content (AvgIpc) is 3.76. The molecular weight excluding hydrogens is 548 g/mol. The van der Waals surface area contributed by atoms with Gasteiger partial charge in [-0.2, -0.15) is 0 Å². The third kappa shape index (κ3) is 3.41. The van der Waals surface area contributed by atoms with Crippen molar-refractivity contribution in [2.45, 2.75) is 0 Å². The second-order valence-electron chi connectivity index (χ2n) is 11.7. The molecule has 0 radical (unpaired) electrons. The van der Waals surface area contributed by atoms with E-state index in [9.17, 15) is 0 Å². The Morgan fingerprint density at radius 2 is 1.09 bits per heavy atom. The van der Waals surface area contributed by atoms with Gasteiger partial charge in [-0.15, -0.1) is 0 Å². The quantitative estimate of drug-likeness (QED) is 0.206. The van der Waals surface area contributed by atoms with Crippen LogP contribution in [0.1, 0.15) is 0 Å². The van der Waals surface area contributed by atoms with Crippen molar-refractivity contribution in [1.82, 2.24) is 9.13 Å². The van der Waals surface area contributed by atoms with Crippen LogP contribution in [-0.4, -0.2) is 9.13 Å². The van der Waals surface area contributed by atoms with Crippen molar-refractivity contribution in [3.05, 3.63) is 158 Å². The summed E-state index contributed by atoms with van der Waals surface area (Å²) >= 11 is 0. The lowest BCUT2D eigenvalue weighted by molar-refractivity contribution is 0.669. The molecule has 0 aliphatic rings. The van der Waals surface area contributed by atoms with Crippen LogP contribution in [0, 0.1) is 0 Å². The molecule has 0 atom stereocenters. The minimum atomic E-state index is 0.887. The van der Waals surface area contributed by atoms with Crippen molar-refractivity contribution in [3.63, 3.8) is 0 Å². The number of benzene rings is 7. The van der Waals surface area contributed by atoms with E-state index in [1.807, 2.05) is 0 Å². The van der Waals surface area contributed by atoms with Crippen LogP contribution < -0.4 is 0 Å². The van der Waals surface area contributed by atoms with Crippen LogP contribution in [0.4, 0.5) is 0 Å². The fraction of sp³-hybridized carbons (Fsp3) is 0. The Hall–Kier alpha value is -6.06. The maximum Gasteiger partial charge on any atom is 0.137 e. The fourth-order valence-electron chi connectivity index (χ4n) is 7.42. The Morgan fingerprint density at radius 1 is 0.378 bits per heavy atom. The van der Waals surface area contributed by atoms with E-state index >= 15 is 0 Å². The zero-order valence-corrected chi connectivity index (χ0v) is 24.3. The molecule has 0 saturated heterocycles. The normalized spacial score (nSPS) is 12.0. The molecule has 45 heavy (non-hydrogen) atoms. The maximum atomic E-state index is 6.48. The van der Waals surface area contributed by atoms with Crippen LogP contribution >= 0.6 is 0 Å². The summed E-state index contributed by atoms with van der Waals surface area (Å²) < 4.78 is 11.3. The van der Waals surface area contributed by atoms with Gasteiger partial charge in [0.1, 0.15) is 11.2 Å². The highest BCUT2D eigenvalue weighted by Crippen LogP contribution is 2.44. The van der Waals surface area contributed by atoms with Crippen molar-refractivity contribution in [2.75, 3.05) is 0 Å². The Labute approximate surface area is 258 Å². The Kier molecular flexibility index (Phi) is 5.00. The number of para-hydroxylation sites is 3. The third-order valence-electron chi connectivity index (χ3n) is 9.31. The van der Waals surface area contributed by atoms with Crippen LogP contribution in [0.3, 0.4) is 0 Å². The van der Waals surface area contributed by atoms with E-state index in [1.165, 1.54) is 54.7 Å². The van der Waals surface area contributed by atoms with Crippen molar-refractivity contribution in [2.24, 2.45) is 0 Å². The Morgan fingerprint density at radius 3 is 1.91 bits per heavy atom. The highest BCUT2D eigenvalue weighted by atomic mass is 16.3. The molecule has 0 aliphatic heterocycles. The number of hydrogen-bond acceptors (Lipinski definition) is 1. The van der Waals surface area contributed by atoms with Gasteiger partial charge in [0.2, 0.25) is 0 Å². The lowest BCUT2D eigenvalue weighted by atomic mass is 10.0. The molecule has 3 nitrogen and oxygen atoms in total. The van der Waals surface area contributed by atoms with Gasteiger partial charge in [-0.3, -0.25) is 0 Å². The lowest BCUT2D eigenvalue weighted by Gasteiger charge is -2.11. The number of rotatable bonds is 3. The first-order valence-corrected chi connectivity index (χ1v) is 15.4. The number of hydrogen-bond donors (Lipinski definition) is 0. The largest absolute Gasteiger partial charge is 0.456 e. The van der Waals surface area contributed by atoms with Gasteiger partial charge in [0.05, 0.1) is 33.1 Å². The Bertz CT molecular complexity index is 2740. The lowest BCUT2D eigenvalue weighted by Crippen LogP contribution is -1.95. The van der Waals surface area contributed by atoms with Crippen LogP contribution in [-0.2, 0) is 0 Å². The van der Waals surface area contributed by atoms with E-state index in [0.29, 0.717) is 0 Å². The first-order chi connectivity index (χ1) is 22.3. The van der Waals surface area contributed by atoms with Gasteiger partial charge in [-0.1, -0.05) is 103 Å². The van der Waals surface area contributed by atoms with Crippen LogP contribution in [0.2, 0.25) is 0 Å². The molecule has 0 N–H and O–H groups in total. The zero-order valence-electron chi connectivity index (χ0n) is 24.3. The molecule has 0 aliphatic carbocycles. The summed E-state index contributed by atoms with van der Waals surface area (Å²) in [6.07, 6.45) is 0. The van der Waals surface area contributed by atoms with E-state index in [-0.39, 0.29) is 0 Å². The van der Waals surface area contributed by atoms with Gasteiger partial charge in [0.25, 0.3) is 0 Å². The maximum absolute atomic E-state index is 6.48. The van der Waals surface area contributed by atoms with Crippen LogP contribution in [0.15, 0.2) is 162 Å². The second-order valence-corrected chi connectivity index (χ2v) is 11.7. The highest BCUT2D eigenvalue weighted by molar-refractivity contribution is 6.26. The molecule has 210 valence electrons. The molecule has 3 heteroatoms. The summed E-state index contributed by atoms with van der Waals surface area (Å²) in [6, 6.07) is 56.4. The number of fused-ring (bicyclic) bond motifs is 10. The first-order valence-electron chi connectivity index (χ1n) is 15.4. The molecule has 0 amide bonds. The first kappa shape index (κ1) is 24.4. The molecule has 10 aromatic rings. The molecule has 3 aromatic heterocycles. The van der Waals surface area contributed by atoms with Gasteiger partial charge in [0.15, 0.2) is 0 Å².